The van der Waals surface area contributed by atoms with Gasteiger partial charge in [-0.05, 0) is 29.7 Å². The van der Waals surface area contributed by atoms with E-state index < -0.39 is 0 Å². The van der Waals surface area contributed by atoms with Crippen LogP contribution in [0.1, 0.15) is 84.1 Å². The van der Waals surface area contributed by atoms with Gasteiger partial charge < -0.3 is 4.74 Å². The molecule has 1 atom stereocenters. The second-order valence-electron chi connectivity index (χ2n) is 6.15. The van der Waals surface area contributed by atoms with E-state index in [4.69, 9.17) is 4.74 Å². The molecular formula is C18H32OS. The molecule has 0 radical (unpaired) electrons. The first-order valence-electron chi connectivity index (χ1n) is 8.30. The van der Waals surface area contributed by atoms with Crippen molar-refractivity contribution >= 4 is 11.3 Å². The normalized spacial score (nSPS) is 14.2. The molecule has 0 N–H and O–H groups in total. The average molecular weight is 297 g/mol. The van der Waals surface area contributed by atoms with Gasteiger partial charge in [0.25, 0.3) is 0 Å². The maximum atomic E-state index is 5.57. The van der Waals surface area contributed by atoms with Crippen LogP contribution in [0, 0.1) is 0 Å². The summed E-state index contributed by atoms with van der Waals surface area (Å²) in [6.07, 6.45) is 12.0. The lowest BCUT2D eigenvalue weighted by Crippen LogP contribution is -2.22. The van der Waals surface area contributed by atoms with Crippen molar-refractivity contribution in [3.63, 3.8) is 0 Å². The molecule has 1 rings (SSSR count). The Morgan fingerprint density at radius 1 is 1.00 bits per heavy atom. The molecule has 1 aromatic heterocycles. The van der Waals surface area contributed by atoms with E-state index in [1.807, 2.05) is 0 Å². The second-order valence-corrected chi connectivity index (χ2v) is 7.03. The maximum absolute atomic E-state index is 5.57. The lowest BCUT2D eigenvalue weighted by Gasteiger charge is -2.30. The first-order chi connectivity index (χ1) is 9.68. The Morgan fingerprint density at radius 3 is 2.30 bits per heavy atom. The fourth-order valence-electron chi connectivity index (χ4n) is 2.98. The molecule has 0 fully saturated rings. The van der Waals surface area contributed by atoms with Crippen LogP contribution in [0.4, 0.5) is 0 Å². The van der Waals surface area contributed by atoms with Crippen LogP contribution >= 0.6 is 11.3 Å². The van der Waals surface area contributed by atoms with Crippen molar-refractivity contribution in [3.8, 4) is 5.06 Å². The Balaban J connectivity index is 2.65. The highest BCUT2D eigenvalue weighted by atomic mass is 32.1. The summed E-state index contributed by atoms with van der Waals surface area (Å²) < 4.78 is 5.57. The molecule has 1 heterocycles. The number of rotatable bonds is 11. The zero-order chi connectivity index (χ0) is 14.8. The predicted molar refractivity (Wildman–Crippen MR) is 91.1 cm³/mol. The topological polar surface area (TPSA) is 9.23 Å². The molecule has 0 aliphatic rings. The fourth-order valence-corrected chi connectivity index (χ4v) is 3.85. The van der Waals surface area contributed by atoms with E-state index in [9.17, 15) is 0 Å². The van der Waals surface area contributed by atoms with Crippen molar-refractivity contribution in [2.24, 2.45) is 0 Å². The second kappa shape index (κ2) is 9.44. The molecule has 0 aromatic carbocycles. The van der Waals surface area contributed by atoms with Gasteiger partial charge in [-0.1, -0.05) is 65.7 Å². The van der Waals surface area contributed by atoms with Crippen LogP contribution < -0.4 is 4.74 Å². The number of ether oxygens (including phenoxy) is 1. The van der Waals surface area contributed by atoms with Gasteiger partial charge in [0, 0.05) is 5.56 Å². The van der Waals surface area contributed by atoms with Crippen LogP contribution in [0.5, 0.6) is 5.06 Å². The SMILES string of the molecule is CCCCCCCC(C)(CCCC)c1ccsc1OC. The van der Waals surface area contributed by atoms with Gasteiger partial charge in [-0.25, -0.2) is 0 Å². The molecule has 20 heavy (non-hydrogen) atoms. The Bertz CT molecular complexity index is 358. The summed E-state index contributed by atoms with van der Waals surface area (Å²) >= 11 is 1.73. The van der Waals surface area contributed by atoms with E-state index in [1.165, 1.54) is 63.4 Å². The van der Waals surface area contributed by atoms with Crippen molar-refractivity contribution in [1.29, 1.82) is 0 Å². The van der Waals surface area contributed by atoms with Gasteiger partial charge in [-0.3, -0.25) is 0 Å². The highest BCUT2D eigenvalue weighted by Gasteiger charge is 2.29. The number of hydrogen-bond acceptors (Lipinski definition) is 2. The van der Waals surface area contributed by atoms with Gasteiger partial charge in [0.15, 0.2) is 5.06 Å². The van der Waals surface area contributed by atoms with Crippen LogP contribution in [-0.2, 0) is 5.41 Å². The van der Waals surface area contributed by atoms with E-state index in [0.717, 1.165) is 5.06 Å². The van der Waals surface area contributed by atoms with Gasteiger partial charge in [0.2, 0.25) is 0 Å². The Hall–Kier alpha value is -0.500. The molecule has 0 aliphatic heterocycles. The first-order valence-corrected chi connectivity index (χ1v) is 9.18. The van der Waals surface area contributed by atoms with Crippen molar-refractivity contribution < 1.29 is 4.74 Å². The monoisotopic (exact) mass is 296 g/mol. The van der Waals surface area contributed by atoms with Gasteiger partial charge >= 0.3 is 0 Å². The third-order valence-electron chi connectivity index (χ3n) is 4.38. The molecule has 0 spiro atoms. The fraction of sp³-hybridized carbons (Fsp3) is 0.778. The zero-order valence-corrected chi connectivity index (χ0v) is 14.7. The molecule has 1 aromatic rings. The Morgan fingerprint density at radius 2 is 1.65 bits per heavy atom. The molecule has 0 bridgehead atoms. The minimum Gasteiger partial charge on any atom is -0.487 e. The van der Waals surface area contributed by atoms with Gasteiger partial charge in [-0.2, -0.15) is 0 Å². The summed E-state index contributed by atoms with van der Waals surface area (Å²) in [5.74, 6) is 0. The van der Waals surface area contributed by atoms with Gasteiger partial charge in [0.1, 0.15) is 0 Å². The minimum absolute atomic E-state index is 0.299. The van der Waals surface area contributed by atoms with Crippen LogP contribution in [0.3, 0.4) is 0 Å². The molecule has 1 nitrogen and oxygen atoms in total. The summed E-state index contributed by atoms with van der Waals surface area (Å²) in [5.41, 5.74) is 1.74. The van der Waals surface area contributed by atoms with Crippen molar-refractivity contribution in [2.75, 3.05) is 7.11 Å². The van der Waals surface area contributed by atoms with Crippen LogP contribution in [-0.4, -0.2) is 7.11 Å². The zero-order valence-electron chi connectivity index (χ0n) is 13.8. The lowest BCUT2D eigenvalue weighted by molar-refractivity contribution is 0.346. The molecule has 0 saturated heterocycles. The number of thiophene rings is 1. The number of hydrogen-bond donors (Lipinski definition) is 0. The number of unbranched alkanes of at least 4 members (excludes halogenated alkanes) is 5. The highest BCUT2D eigenvalue weighted by Crippen LogP contribution is 2.42. The van der Waals surface area contributed by atoms with Crippen LogP contribution in [0.15, 0.2) is 11.4 Å². The largest absolute Gasteiger partial charge is 0.487 e. The lowest BCUT2D eigenvalue weighted by atomic mass is 9.75. The third-order valence-corrected chi connectivity index (χ3v) is 5.25. The summed E-state index contributed by atoms with van der Waals surface area (Å²) in [5, 5.41) is 3.30. The van der Waals surface area contributed by atoms with Crippen molar-refractivity contribution in [3.05, 3.63) is 17.0 Å². The minimum atomic E-state index is 0.299. The predicted octanol–water partition coefficient (Wildman–Crippen LogP) is 6.57. The average Bonchev–Trinajstić information content (AvgIpc) is 2.94. The molecule has 1 unspecified atom stereocenters. The van der Waals surface area contributed by atoms with E-state index in [2.05, 4.69) is 32.2 Å². The smallest absolute Gasteiger partial charge is 0.177 e. The quantitative estimate of drug-likeness (QED) is 0.420. The van der Waals surface area contributed by atoms with E-state index in [0.29, 0.717) is 5.41 Å². The third kappa shape index (κ3) is 5.12. The molecule has 116 valence electrons. The Kier molecular flexibility index (Phi) is 8.28. The summed E-state index contributed by atoms with van der Waals surface area (Å²) in [4.78, 5) is 0. The summed E-state index contributed by atoms with van der Waals surface area (Å²) in [6, 6.07) is 2.28. The van der Waals surface area contributed by atoms with Crippen molar-refractivity contribution in [1.82, 2.24) is 0 Å². The molecule has 0 saturated carbocycles. The van der Waals surface area contributed by atoms with Crippen LogP contribution in [0.25, 0.3) is 0 Å². The summed E-state index contributed by atoms with van der Waals surface area (Å²) in [7, 11) is 1.80. The molecule has 0 amide bonds. The maximum Gasteiger partial charge on any atom is 0.177 e. The van der Waals surface area contributed by atoms with E-state index in [-0.39, 0.29) is 0 Å². The van der Waals surface area contributed by atoms with E-state index >= 15 is 0 Å². The molecular weight excluding hydrogens is 264 g/mol. The highest BCUT2D eigenvalue weighted by molar-refractivity contribution is 7.12. The van der Waals surface area contributed by atoms with Crippen LogP contribution in [0.2, 0.25) is 0 Å². The molecule has 2 heteroatoms. The van der Waals surface area contributed by atoms with Gasteiger partial charge in [0.05, 0.1) is 7.11 Å². The first kappa shape index (κ1) is 17.6. The molecule has 0 aliphatic carbocycles. The Labute approximate surface area is 129 Å². The van der Waals surface area contributed by atoms with Crippen molar-refractivity contribution in [2.45, 2.75) is 84.0 Å². The van der Waals surface area contributed by atoms with Gasteiger partial charge in [-0.15, -0.1) is 11.3 Å². The number of methoxy groups -OCH3 is 1. The summed E-state index contributed by atoms with van der Waals surface area (Å²) in [6.45, 7) is 7.00. The van der Waals surface area contributed by atoms with E-state index in [1.54, 1.807) is 18.4 Å². The standard InChI is InChI=1S/C18H32OS/c1-5-7-9-10-11-14-18(3,13-8-6-2)16-12-15-20-17(16)19-4/h12,15H,5-11,13-14H2,1-4H3.